The summed E-state index contributed by atoms with van der Waals surface area (Å²) in [5.41, 5.74) is -0.811. The zero-order valence-electron chi connectivity index (χ0n) is 9.74. The van der Waals surface area contributed by atoms with Gasteiger partial charge in [0, 0.05) is 11.3 Å². The highest BCUT2D eigenvalue weighted by Crippen LogP contribution is 2.54. The molecule has 1 aromatic rings. The second kappa shape index (κ2) is 4.60. The van der Waals surface area contributed by atoms with E-state index in [9.17, 15) is 14.9 Å². The Labute approximate surface area is 104 Å². The Bertz CT molecular complexity index is 485. The van der Waals surface area contributed by atoms with E-state index in [1.54, 1.807) is 24.3 Å². The molecule has 5 nitrogen and oxygen atoms in total. The first-order valence-electron chi connectivity index (χ1n) is 5.60. The van der Waals surface area contributed by atoms with E-state index >= 15 is 0 Å². The van der Waals surface area contributed by atoms with Crippen LogP contribution in [0.5, 0.6) is 0 Å². The predicted octanol–water partition coefficient (Wildman–Crippen LogP) is 1.92. The zero-order valence-corrected chi connectivity index (χ0v) is 9.74. The van der Waals surface area contributed by atoms with Gasteiger partial charge in [0.15, 0.2) is 0 Å². The summed E-state index contributed by atoms with van der Waals surface area (Å²) in [7, 11) is 0. The molecule has 2 atom stereocenters. The smallest absolute Gasteiger partial charge is 0.385 e. The van der Waals surface area contributed by atoms with Crippen LogP contribution in [-0.4, -0.2) is 23.0 Å². The summed E-state index contributed by atoms with van der Waals surface area (Å²) in [6.45, 7) is 3.41. The summed E-state index contributed by atoms with van der Waals surface area (Å²) in [5.74, 6) is -1.17. The van der Waals surface area contributed by atoms with Crippen LogP contribution >= 0.6 is 0 Å². The molecule has 0 heterocycles. The molecule has 1 aliphatic carbocycles. The molecular formula is C13H13NO4. The normalized spacial score (nSPS) is 25.2. The number of hydrogen-bond donors (Lipinski definition) is 0. The number of nitrogens with zero attached hydrogens (tertiary/aromatic N) is 1. The summed E-state index contributed by atoms with van der Waals surface area (Å²) in [4.78, 5) is 22.4. The number of ether oxygens (including phenoxy) is 1. The van der Waals surface area contributed by atoms with Gasteiger partial charge in [-0.3, -0.25) is 10.1 Å². The average Bonchev–Trinajstić information content (AvgIpc) is 3.14. The van der Waals surface area contributed by atoms with Crippen LogP contribution in [0, 0.1) is 10.1 Å². The van der Waals surface area contributed by atoms with E-state index in [2.05, 4.69) is 6.58 Å². The van der Waals surface area contributed by atoms with Crippen LogP contribution in [0.15, 0.2) is 43.0 Å². The summed E-state index contributed by atoms with van der Waals surface area (Å²) in [6.07, 6.45) is 1.59. The van der Waals surface area contributed by atoms with Crippen molar-refractivity contribution in [2.45, 2.75) is 17.9 Å². The molecule has 0 radical (unpaired) electrons. The molecule has 18 heavy (non-hydrogen) atoms. The first kappa shape index (κ1) is 12.3. The average molecular weight is 247 g/mol. The van der Waals surface area contributed by atoms with Crippen LogP contribution in [0.1, 0.15) is 17.9 Å². The standard InChI is InChI=1S/C13H13NO4/c1-2-8-18-12(15)13(14(16)17)9-11(13)10-6-4-3-5-7-10/h2-7,11H,1,8-9H2. The minimum absolute atomic E-state index is 0.00403. The van der Waals surface area contributed by atoms with Gasteiger partial charge in [-0.1, -0.05) is 43.0 Å². The topological polar surface area (TPSA) is 69.4 Å². The quantitative estimate of drug-likeness (QED) is 0.345. The third-order valence-electron chi connectivity index (χ3n) is 3.15. The molecule has 0 aliphatic heterocycles. The van der Waals surface area contributed by atoms with Gasteiger partial charge in [0.05, 0.1) is 5.92 Å². The largest absolute Gasteiger partial charge is 0.456 e. The van der Waals surface area contributed by atoms with Crippen LogP contribution in [0.25, 0.3) is 0 Å². The Kier molecular flexibility index (Phi) is 3.14. The van der Waals surface area contributed by atoms with Crippen molar-refractivity contribution in [3.63, 3.8) is 0 Å². The highest BCUT2D eigenvalue weighted by atomic mass is 16.6. The van der Waals surface area contributed by atoms with Crippen LogP contribution in [0.2, 0.25) is 0 Å². The van der Waals surface area contributed by atoms with Gasteiger partial charge in [-0.15, -0.1) is 0 Å². The number of esters is 1. The van der Waals surface area contributed by atoms with Crippen molar-refractivity contribution in [2.75, 3.05) is 6.61 Å². The van der Waals surface area contributed by atoms with E-state index in [1.807, 2.05) is 6.07 Å². The molecule has 94 valence electrons. The molecule has 1 fully saturated rings. The first-order chi connectivity index (χ1) is 8.63. The van der Waals surface area contributed by atoms with E-state index < -0.39 is 22.3 Å². The highest BCUT2D eigenvalue weighted by Gasteiger charge is 2.74. The van der Waals surface area contributed by atoms with Crippen LogP contribution in [0.3, 0.4) is 0 Å². The van der Waals surface area contributed by atoms with Gasteiger partial charge >= 0.3 is 11.5 Å². The maximum absolute atomic E-state index is 11.8. The molecule has 0 N–H and O–H groups in total. The highest BCUT2D eigenvalue weighted by molar-refractivity contribution is 5.85. The van der Waals surface area contributed by atoms with Crippen molar-refractivity contribution in [3.05, 3.63) is 58.7 Å². The Hall–Kier alpha value is -2.17. The van der Waals surface area contributed by atoms with Gasteiger partial charge < -0.3 is 4.74 Å². The SMILES string of the molecule is C=CCOC(=O)C1([N+](=O)[O-])CC1c1ccccc1. The molecule has 0 spiro atoms. The van der Waals surface area contributed by atoms with Gasteiger partial charge in [-0.05, 0) is 5.56 Å². The van der Waals surface area contributed by atoms with Crippen molar-refractivity contribution in [1.82, 2.24) is 0 Å². The number of rotatable bonds is 5. The maximum atomic E-state index is 11.8. The molecule has 1 aliphatic rings. The van der Waals surface area contributed by atoms with Crippen molar-refractivity contribution < 1.29 is 14.5 Å². The van der Waals surface area contributed by atoms with E-state index in [0.717, 1.165) is 5.56 Å². The Morgan fingerprint density at radius 1 is 1.56 bits per heavy atom. The summed E-state index contributed by atoms with van der Waals surface area (Å²) in [5, 5.41) is 11.2. The number of carbonyl (C=O) groups is 1. The summed E-state index contributed by atoms with van der Waals surface area (Å²) in [6, 6.07) is 9.00. The number of nitro groups is 1. The number of carbonyl (C=O) groups excluding carboxylic acids is 1. The van der Waals surface area contributed by atoms with E-state index in [0.29, 0.717) is 0 Å². The van der Waals surface area contributed by atoms with Crippen LogP contribution in [-0.2, 0) is 9.53 Å². The van der Waals surface area contributed by atoms with Gasteiger partial charge in [-0.25, -0.2) is 4.79 Å². The molecule has 2 unspecified atom stereocenters. The second-order valence-corrected chi connectivity index (χ2v) is 4.24. The predicted molar refractivity (Wildman–Crippen MR) is 64.7 cm³/mol. The molecule has 0 bridgehead atoms. The maximum Gasteiger partial charge on any atom is 0.385 e. The molecule has 5 heteroatoms. The van der Waals surface area contributed by atoms with Gasteiger partial charge in [-0.2, -0.15) is 0 Å². The lowest BCUT2D eigenvalue weighted by molar-refractivity contribution is -0.526. The Balaban J connectivity index is 2.20. The van der Waals surface area contributed by atoms with Gasteiger partial charge in [0.2, 0.25) is 0 Å². The fourth-order valence-corrected chi connectivity index (χ4v) is 2.09. The Morgan fingerprint density at radius 2 is 2.22 bits per heavy atom. The molecule has 1 saturated carbocycles. The minimum atomic E-state index is -1.61. The van der Waals surface area contributed by atoms with E-state index in [1.165, 1.54) is 6.08 Å². The summed E-state index contributed by atoms with van der Waals surface area (Å²) < 4.78 is 4.83. The van der Waals surface area contributed by atoms with Gasteiger partial charge in [0.1, 0.15) is 6.61 Å². The Morgan fingerprint density at radius 3 is 2.78 bits per heavy atom. The van der Waals surface area contributed by atoms with E-state index in [4.69, 9.17) is 4.74 Å². The first-order valence-corrected chi connectivity index (χ1v) is 5.60. The summed E-state index contributed by atoms with van der Waals surface area (Å²) >= 11 is 0. The minimum Gasteiger partial charge on any atom is -0.456 e. The fourth-order valence-electron chi connectivity index (χ4n) is 2.09. The zero-order chi connectivity index (χ0) is 13.2. The third-order valence-corrected chi connectivity index (χ3v) is 3.15. The second-order valence-electron chi connectivity index (χ2n) is 4.24. The van der Waals surface area contributed by atoms with Crippen molar-refractivity contribution in [2.24, 2.45) is 0 Å². The van der Waals surface area contributed by atoms with Crippen molar-refractivity contribution in [3.8, 4) is 0 Å². The molecule has 1 aromatic carbocycles. The molecule has 0 saturated heterocycles. The molecular weight excluding hydrogens is 234 g/mol. The third kappa shape index (κ3) is 1.88. The molecule has 0 amide bonds. The molecule has 2 rings (SSSR count). The van der Waals surface area contributed by atoms with Gasteiger partial charge in [0.25, 0.3) is 0 Å². The number of benzene rings is 1. The number of hydrogen-bond acceptors (Lipinski definition) is 4. The van der Waals surface area contributed by atoms with Crippen molar-refractivity contribution in [1.29, 1.82) is 0 Å². The van der Waals surface area contributed by atoms with E-state index in [-0.39, 0.29) is 13.0 Å². The lowest BCUT2D eigenvalue weighted by Gasteiger charge is -2.08. The lowest BCUT2D eigenvalue weighted by Crippen LogP contribution is -2.35. The molecule has 0 aromatic heterocycles. The van der Waals surface area contributed by atoms with Crippen molar-refractivity contribution >= 4 is 5.97 Å². The monoisotopic (exact) mass is 247 g/mol. The van der Waals surface area contributed by atoms with Crippen LogP contribution < -0.4 is 0 Å². The van der Waals surface area contributed by atoms with Crippen LogP contribution in [0.4, 0.5) is 0 Å². The fraction of sp³-hybridized carbons (Fsp3) is 0.308. The lowest BCUT2D eigenvalue weighted by atomic mass is 10.1.